The summed E-state index contributed by atoms with van der Waals surface area (Å²) in [6.45, 7) is 2.18. The van der Waals surface area contributed by atoms with E-state index in [-0.39, 0.29) is 5.48 Å². The lowest BCUT2D eigenvalue weighted by molar-refractivity contribution is -0.590. The molecule has 0 radical (unpaired) electrons. The Hall–Kier alpha value is -2.13. The van der Waals surface area contributed by atoms with Crippen LogP contribution in [0.3, 0.4) is 0 Å². The molecule has 3 nitrogen and oxygen atoms in total. The number of pyridine rings is 1. The molecular formula is C17H22N2O. The zero-order valence-electron chi connectivity index (χ0n) is 12.3. The smallest absolute Gasteiger partial charge is 0.281 e. The first kappa shape index (κ1) is 15.9. The van der Waals surface area contributed by atoms with Crippen molar-refractivity contribution in [2.45, 2.75) is 13.3 Å². The molecule has 0 saturated carbocycles. The van der Waals surface area contributed by atoms with Crippen LogP contribution >= 0.6 is 0 Å². The summed E-state index contributed by atoms with van der Waals surface area (Å²) in [4.78, 5) is 2.12. The van der Waals surface area contributed by atoms with Crippen molar-refractivity contribution in [3.63, 3.8) is 0 Å². The highest BCUT2D eigenvalue weighted by Gasteiger charge is 2.10. The van der Waals surface area contributed by atoms with Gasteiger partial charge in [0, 0.05) is 6.08 Å². The van der Waals surface area contributed by atoms with Crippen LogP contribution < -0.4 is 4.57 Å². The summed E-state index contributed by atoms with van der Waals surface area (Å²) in [5.74, 6) is 1.14. The summed E-state index contributed by atoms with van der Waals surface area (Å²) >= 11 is 0. The Kier molecular flexibility index (Phi) is 5.94. The highest BCUT2D eigenvalue weighted by molar-refractivity contribution is 5.64. The van der Waals surface area contributed by atoms with E-state index in [1.54, 1.807) is 0 Å². The van der Waals surface area contributed by atoms with Crippen LogP contribution in [-0.4, -0.2) is 24.5 Å². The van der Waals surface area contributed by atoms with Crippen molar-refractivity contribution in [1.29, 1.82) is 0 Å². The molecule has 1 N–H and O–H groups in total. The van der Waals surface area contributed by atoms with Crippen molar-refractivity contribution in [1.82, 2.24) is 4.90 Å². The van der Waals surface area contributed by atoms with E-state index in [0.29, 0.717) is 0 Å². The Morgan fingerprint density at radius 2 is 1.65 bits per heavy atom. The Labute approximate surface area is 121 Å². The van der Waals surface area contributed by atoms with E-state index in [9.17, 15) is 0 Å². The minimum absolute atomic E-state index is 0. The van der Waals surface area contributed by atoms with Gasteiger partial charge in [0.2, 0.25) is 0 Å². The molecule has 0 fully saturated rings. The van der Waals surface area contributed by atoms with E-state index in [1.165, 1.54) is 11.1 Å². The van der Waals surface area contributed by atoms with Crippen molar-refractivity contribution in [2.24, 2.45) is 0 Å². The molecule has 2 rings (SSSR count). The van der Waals surface area contributed by atoms with Gasteiger partial charge >= 0.3 is 0 Å². The Morgan fingerprint density at radius 3 is 2.15 bits per heavy atom. The SMILES string of the molecule is CCc1ccc(C=C(N(C)C)[n+]2ccccc2)cc1.[OH-]. The summed E-state index contributed by atoms with van der Waals surface area (Å²) in [6, 6.07) is 14.8. The van der Waals surface area contributed by atoms with Crippen LogP contribution in [0.25, 0.3) is 11.9 Å². The molecule has 0 aliphatic heterocycles. The zero-order valence-corrected chi connectivity index (χ0v) is 12.3. The lowest BCUT2D eigenvalue weighted by Crippen LogP contribution is -2.38. The van der Waals surface area contributed by atoms with Gasteiger partial charge in [-0.25, -0.2) is 4.57 Å². The minimum atomic E-state index is 0. The molecule has 1 heterocycles. The maximum absolute atomic E-state index is 2.19. The second-order valence-corrected chi connectivity index (χ2v) is 4.77. The van der Waals surface area contributed by atoms with E-state index in [1.807, 2.05) is 18.2 Å². The lowest BCUT2D eigenvalue weighted by atomic mass is 10.1. The molecule has 0 amide bonds. The van der Waals surface area contributed by atoms with Gasteiger partial charge in [0.25, 0.3) is 5.82 Å². The van der Waals surface area contributed by atoms with E-state index in [2.05, 4.69) is 73.2 Å². The molecule has 0 saturated heterocycles. The number of aryl methyl sites for hydroxylation is 1. The predicted octanol–water partition coefficient (Wildman–Crippen LogP) is 2.88. The molecule has 1 aromatic heterocycles. The standard InChI is InChI=1S/C17H21N2.H2O/c1-4-15-8-10-16(11-9-15)14-17(18(2)3)19-12-6-5-7-13-19;/h5-14H,4H2,1-3H3;1H2/q+1;/p-1. The van der Waals surface area contributed by atoms with E-state index in [0.717, 1.165) is 12.2 Å². The van der Waals surface area contributed by atoms with Crippen molar-refractivity contribution in [3.8, 4) is 0 Å². The van der Waals surface area contributed by atoms with Crippen molar-refractivity contribution in [3.05, 3.63) is 66.0 Å². The molecule has 20 heavy (non-hydrogen) atoms. The number of rotatable bonds is 4. The normalized spacial score (nSPS) is 10.8. The molecule has 0 aliphatic rings. The maximum atomic E-state index is 2.19. The average Bonchev–Trinajstić information content (AvgIpc) is 2.46. The van der Waals surface area contributed by atoms with E-state index >= 15 is 0 Å². The third-order valence-corrected chi connectivity index (χ3v) is 3.12. The molecule has 2 aromatic rings. The molecule has 0 atom stereocenters. The second-order valence-electron chi connectivity index (χ2n) is 4.77. The molecule has 1 aromatic carbocycles. The third-order valence-electron chi connectivity index (χ3n) is 3.12. The Bertz CT molecular complexity index is 545. The van der Waals surface area contributed by atoms with Crippen LogP contribution in [0, 0.1) is 0 Å². The molecule has 3 heteroatoms. The fraction of sp³-hybridized carbons (Fsp3) is 0.235. The molecular weight excluding hydrogens is 248 g/mol. The number of benzene rings is 1. The first-order valence-corrected chi connectivity index (χ1v) is 6.65. The number of aromatic nitrogens is 1. The van der Waals surface area contributed by atoms with Crippen molar-refractivity contribution >= 4 is 11.9 Å². The van der Waals surface area contributed by atoms with Gasteiger partial charge in [-0.1, -0.05) is 37.3 Å². The molecule has 0 aliphatic carbocycles. The van der Waals surface area contributed by atoms with Gasteiger partial charge in [0.15, 0.2) is 0 Å². The van der Waals surface area contributed by atoms with Crippen LogP contribution in [0.5, 0.6) is 0 Å². The first-order valence-electron chi connectivity index (χ1n) is 6.65. The summed E-state index contributed by atoms with van der Waals surface area (Å²) < 4.78 is 2.12. The summed E-state index contributed by atoms with van der Waals surface area (Å²) in [5.41, 5.74) is 2.59. The fourth-order valence-electron chi connectivity index (χ4n) is 1.98. The van der Waals surface area contributed by atoms with Crippen LogP contribution in [-0.2, 0) is 6.42 Å². The van der Waals surface area contributed by atoms with Gasteiger partial charge in [0.1, 0.15) is 0 Å². The molecule has 0 unspecified atom stereocenters. The molecule has 0 spiro atoms. The predicted molar refractivity (Wildman–Crippen MR) is 82.2 cm³/mol. The van der Waals surface area contributed by atoms with Gasteiger partial charge in [0.05, 0.1) is 26.5 Å². The lowest BCUT2D eigenvalue weighted by Gasteiger charge is -2.10. The van der Waals surface area contributed by atoms with Crippen LogP contribution in [0.15, 0.2) is 54.9 Å². The topological polar surface area (TPSA) is 37.1 Å². The van der Waals surface area contributed by atoms with Gasteiger partial charge < -0.3 is 5.48 Å². The van der Waals surface area contributed by atoms with Gasteiger partial charge in [-0.05, 0) is 29.7 Å². The summed E-state index contributed by atoms with van der Waals surface area (Å²) in [7, 11) is 4.12. The largest absolute Gasteiger partial charge is 0.870 e. The zero-order chi connectivity index (χ0) is 13.7. The van der Waals surface area contributed by atoms with Gasteiger partial charge in [-0.2, -0.15) is 0 Å². The second kappa shape index (κ2) is 7.46. The highest BCUT2D eigenvalue weighted by Crippen LogP contribution is 2.10. The summed E-state index contributed by atoms with van der Waals surface area (Å²) in [6.07, 6.45) is 7.40. The van der Waals surface area contributed by atoms with E-state index in [4.69, 9.17) is 0 Å². The number of nitrogens with zero attached hydrogens (tertiary/aromatic N) is 2. The molecule has 0 bridgehead atoms. The first-order chi connectivity index (χ1) is 9.20. The number of hydrogen-bond acceptors (Lipinski definition) is 2. The molecule has 106 valence electrons. The van der Waals surface area contributed by atoms with Gasteiger partial charge in [-0.15, -0.1) is 0 Å². The van der Waals surface area contributed by atoms with Crippen LogP contribution in [0.4, 0.5) is 0 Å². The maximum Gasteiger partial charge on any atom is 0.281 e. The van der Waals surface area contributed by atoms with E-state index < -0.39 is 0 Å². The monoisotopic (exact) mass is 270 g/mol. The number of hydrogen-bond donors (Lipinski definition) is 0. The van der Waals surface area contributed by atoms with Crippen LogP contribution in [0.1, 0.15) is 18.1 Å². The average molecular weight is 270 g/mol. The fourth-order valence-corrected chi connectivity index (χ4v) is 1.98. The Morgan fingerprint density at radius 1 is 1.05 bits per heavy atom. The van der Waals surface area contributed by atoms with Crippen molar-refractivity contribution in [2.75, 3.05) is 14.1 Å². The van der Waals surface area contributed by atoms with Crippen molar-refractivity contribution < 1.29 is 10.0 Å². The summed E-state index contributed by atoms with van der Waals surface area (Å²) in [5, 5.41) is 0. The highest BCUT2D eigenvalue weighted by atomic mass is 16.0. The quantitative estimate of drug-likeness (QED) is 0.801. The minimum Gasteiger partial charge on any atom is -0.870 e. The van der Waals surface area contributed by atoms with Crippen LogP contribution in [0.2, 0.25) is 0 Å². The van der Waals surface area contributed by atoms with Gasteiger partial charge in [-0.3, -0.25) is 4.90 Å². The Balaban J connectivity index is 0.00000200. The third kappa shape index (κ3) is 3.93.